The number of aryl methyl sites for hydroxylation is 1. The van der Waals surface area contributed by atoms with E-state index in [1.165, 1.54) is 12.1 Å². The highest BCUT2D eigenvalue weighted by atomic mass is 19.4. The summed E-state index contributed by atoms with van der Waals surface area (Å²) in [6, 6.07) is 11.7. The SMILES string of the molecule is Cn1cc(-c2nccc(Oc3cccc(NC(=O)Nc4cccc(C(F)(F)F)c4)c3)n2)cn1. The van der Waals surface area contributed by atoms with Gasteiger partial charge in [0, 0.05) is 42.9 Å². The van der Waals surface area contributed by atoms with Gasteiger partial charge >= 0.3 is 12.2 Å². The quantitative estimate of drug-likeness (QED) is 0.425. The number of urea groups is 1. The highest BCUT2D eigenvalue weighted by Crippen LogP contribution is 2.31. The molecular formula is C22H17F3N6O2. The summed E-state index contributed by atoms with van der Waals surface area (Å²) in [6.45, 7) is 0. The summed E-state index contributed by atoms with van der Waals surface area (Å²) in [4.78, 5) is 20.8. The average molecular weight is 454 g/mol. The third kappa shape index (κ3) is 5.64. The van der Waals surface area contributed by atoms with Crippen molar-refractivity contribution >= 4 is 17.4 Å². The smallest absolute Gasteiger partial charge is 0.416 e. The van der Waals surface area contributed by atoms with Crippen LogP contribution in [0.1, 0.15) is 5.56 Å². The summed E-state index contributed by atoms with van der Waals surface area (Å²) in [6.07, 6.45) is 0.451. The molecule has 8 nitrogen and oxygen atoms in total. The predicted molar refractivity (Wildman–Crippen MR) is 115 cm³/mol. The Labute approximate surface area is 186 Å². The van der Waals surface area contributed by atoms with Gasteiger partial charge in [-0.05, 0) is 30.3 Å². The Morgan fingerprint density at radius 2 is 1.76 bits per heavy atom. The van der Waals surface area contributed by atoms with E-state index in [9.17, 15) is 18.0 Å². The van der Waals surface area contributed by atoms with Crippen molar-refractivity contribution in [2.45, 2.75) is 6.18 Å². The van der Waals surface area contributed by atoms with Gasteiger partial charge in [0.25, 0.3) is 0 Å². The third-order valence-corrected chi connectivity index (χ3v) is 4.36. The van der Waals surface area contributed by atoms with Crippen LogP contribution in [-0.4, -0.2) is 25.8 Å². The first kappa shape index (κ1) is 21.8. The number of carbonyl (C=O) groups excluding carboxylic acids is 1. The van der Waals surface area contributed by atoms with E-state index < -0.39 is 17.8 Å². The first-order valence-corrected chi connectivity index (χ1v) is 9.61. The molecule has 4 aromatic rings. The minimum atomic E-state index is -4.50. The van der Waals surface area contributed by atoms with E-state index in [0.29, 0.717) is 17.3 Å². The summed E-state index contributed by atoms with van der Waals surface area (Å²) >= 11 is 0. The number of ether oxygens (including phenoxy) is 1. The molecule has 0 atom stereocenters. The molecule has 2 aromatic carbocycles. The standard InChI is InChI=1S/C22H17F3N6O2/c1-31-13-14(12-27-31)20-26-9-8-19(30-20)33-18-7-3-6-17(11-18)29-21(32)28-16-5-2-4-15(10-16)22(23,24)25/h2-13H,1H3,(H2,28,29,32). The number of carbonyl (C=O) groups is 1. The molecule has 0 saturated heterocycles. The second kappa shape index (κ2) is 8.99. The van der Waals surface area contributed by atoms with Gasteiger partial charge in [0.15, 0.2) is 5.82 Å². The predicted octanol–water partition coefficient (Wildman–Crippen LogP) is 5.33. The fourth-order valence-electron chi connectivity index (χ4n) is 2.90. The highest BCUT2D eigenvalue weighted by molar-refractivity contribution is 5.99. The molecule has 0 fully saturated rings. The Balaban J connectivity index is 1.43. The van der Waals surface area contributed by atoms with E-state index in [-0.39, 0.29) is 11.6 Å². The largest absolute Gasteiger partial charge is 0.439 e. The molecule has 2 amide bonds. The van der Waals surface area contributed by atoms with Gasteiger partial charge in [-0.2, -0.15) is 23.3 Å². The Morgan fingerprint density at radius 3 is 2.45 bits per heavy atom. The van der Waals surface area contributed by atoms with Crippen LogP contribution in [0.15, 0.2) is 73.2 Å². The molecule has 0 spiro atoms. The van der Waals surface area contributed by atoms with Gasteiger partial charge in [-0.1, -0.05) is 12.1 Å². The number of hydrogen-bond donors (Lipinski definition) is 2. The average Bonchev–Trinajstić information content (AvgIpc) is 3.20. The van der Waals surface area contributed by atoms with Crippen molar-refractivity contribution in [2.75, 3.05) is 10.6 Å². The van der Waals surface area contributed by atoms with Crippen LogP contribution in [0.3, 0.4) is 0 Å². The van der Waals surface area contributed by atoms with Crippen LogP contribution in [0, 0.1) is 0 Å². The molecular weight excluding hydrogens is 437 g/mol. The van der Waals surface area contributed by atoms with Gasteiger partial charge in [-0.25, -0.2) is 9.78 Å². The molecule has 2 aromatic heterocycles. The Kier molecular flexibility index (Phi) is 5.94. The second-order valence-corrected chi connectivity index (χ2v) is 6.91. The lowest BCUT2D eigenvalue weighted by molar-refractivity contribution is -0.137. The molecule has 33 heavy (non-hydrogen) atoms. The van der Waals surface area contributed by atoms with E-state index in [1.807, 2.05) is 0 Å². The van der Waals surface area contributed by atoms with Crippen molar-refractivity contribution in [3.63, 3.8) is 0 Å². The topological polar surface area (TPSA) is 94.0 Å². The summed E-state index contributed by atoms with van der Waals surface area (Å²) in [5, 5.41) is 9.03. The maximum atomic E-state index is 12.8. The molecule has 168 valence electrons. The monoisotopic (exact) mass is 454 g/mol. The van der Waals surface area contributed by atoms with Crippen LogP contribution in [0.4, 0.5) is 29.3 Å². The van der Waals surface area contributed by atoms with E-state index >= 15 is 0 Å². The minimum absolute atomic E-state index is 0.0126. The highest BCUT2D eigenvalue weighted by Gasteiger charge is 2.30. The van der Waals surface area contributed by atoms with Gasteiger partial charge < -0.3 is 15.4 Å². The lowest BCUT2D eigenvalue weighted by atomic mass is 10.2. The van der Waals surface area contributed by atoms with Gasteiger partial charge in [-0.3, -0.25) is 4.68 Å². The molecule has 0 saturated carbocycles. The summed E-state index contributed by atoms with van der Waals surface area (Å²) < 4.78 is 45.9. The van der Waals surface area contributed by atoms with Gasteiger partial charge in [-0.15, -0.1) is 0 Å². The van der Waals surface area contributed by atoms with E-state index in [1.54, 1.807) is 60.7 Å². The first-order chi connectivity index (χ1) is 15.8. The molecule has 2 heterocycles. The molecule has 11 heteroatoms. The minimum Gasteiger partial charge on any atom is -0.439 e. The maximum Gasteiger partial charge on any atom is 0.416 e. The Morgan fingerprint density at radius 1 is 1.03 bits per heavy atom. The van der Waals surface area contributed by atoms with Crippen LogP contribution in [0.2, 0.25) is 0 Å². The number of aromatic nitrogens is 4. The second-order valence-electron chi connectivity index (χ2n) is 6.91. The number of halogens is 3. The van der Waals surface area contributed by atoms with E-state index in [0.717, 1.165) is 17.7 Å². The summed E-state index contributed by atoms with van der Waals surface area (Å²) in [7, 11) is 1.78. The summed E-state index contributed by atoms with van der Waals surface area (Å²) in [5.41, 5.74) is 0.257. The van der Waals surface area contributed by atoms with Crippen LogP contribution in [-0.2, 0) is 13.2 Å². The third-order valence-electron chi connectivity index (χ3n) is 4.36. The fourth-order valence-corrected chi connectivity index (χ4v) is 2.90. The van der Waals surface area contributed by atoms with E-state index in [2.05, 4.69) is 25.7 Å². The van der Waals surface area contributed by atoms with Crippen LogP contribution in [0.5, 0.6) is 11.6 Å². The zero-order valence-corrected chi connectivity index (χ0v) is 17.2. The molecule has 0 unspecified atom stereocenters. The lowest BCUT2D eigenvalue weighted by Gasteiger charge is -2.11. The molecule has 4 rings (SSSR count). The number of alkyl halides is 3. The molecule has 0 aliphatic heterocycles. The Hall–Kier alpha value is -4.41. The van der Waals surface area contributed by atoms with Crippen molar-refractivity contribution in [3.8, 4) is 23.0 Å². The zero-order chi connectivity index (χ0) is 23.4. The zero-order valence-electron chi connectivity index (χ0n) is 17.2. The molecule has 0 bridgehead atoms. The van der Waals surface area contributed by atoms with Crippen molar-refractivity contribution in [1.82, 2.24) is 19.7 Å². The van der Waals surface area contributed by atoms with Crippen molar-refractivity contribution in [1.29, 1.82) is 0 Å². The normalized spacial score (nSPS) is 11.2. The summed E-state index contributed by atoms with van der Waals surface area (Å²) in [5.74, 6) is 1.12. The van der Waals surface area contributed by atoms with Gasteiger partial charge in [0.2, 0.25) is 5.88 Å². The van der Waals surface area contributed by atoms with Crippen LogP contribution in [0.25, 0.3) is 11.4 Å². The molecule has 0 aliphatic rings. The number of nitrogens with zero attached hydrogens (tertiary/aromatic N) is 4. The lowest BCUT2D eigenvalue weighted by Crippen LogP contribution is -2.19. The van der Waals surface area contributed by atoms with Crippen molar-refractivity contribution < 1.29 is 22.7 Å². The Bertz CT molecular complexity index is 1290. The van der Waals surface area contributed by atoms with Crippen molar-refractivity contribution in [2.24, 2.45) is 7.05 Å². The van der Waals surface area contributed by atoms with Gasteiger partial charge in [0.1, 0.15) is 5.75 Å². The van der Waals surface area contributed by atoms with Gasteiger partial charge in [0.05, 0.1) is 17.3 Å². The van der Waals surface area contributed by atoms with Crippen LogP contribution < -0.4 is 15.4 Å². The molecule has 0 radical (unpaired) electrons. The number of rotatable bonds is 5. The van der Waals surface area contributed by atoms with E-state index in [4.69, 9.17) is 4.74 Å². The number of nitrogens with one attached hydrogen (secondary N) is 2. The fraction of sp³-hybridized carbons (Fsp3) is 0.0909. The maximum absolute atomic E-state index is 12.8. The number of benzene rings is 2. The molecule has 2 N–H and O–H groups in total. The first-order valence-electron chi connectivity index (χ1n) is 9.61. The van der Waals surface area contributed by atoms with Crippen LogP contribution >= 0.6 is 0 Å². The number of anilines is 2. The molecule has 0 aliphatic carbocycles. The van der Waals surface area contributed by atoms with Crippen molar-refractivity contribution in [3.05, 3.63) is 78.8 Å². The number of hydrogen-bond acceptors (Lipinski definition) is 5. The number of amides is 2.